The number of anilines is 2. The molecule has 0 bridgehead atoms. The SMILES string of the molecule is Cc1cc(C)n2nc(SCC(=O)Nc3cc(S(=O)(=O)N(C)C)ccc3N(C)C)nc2n1. The summed E-state index contributed by atoms with van der Waals surface area (Å²) < 4.78 is 27.7. The number of benzene rings is 1. The maximum Gasteiger partial charge on any atom is 0.253 e. The Bertz CT molecular complexity index is 1240. The van der Waals surface area contributed by atoms with Crippen LogP contribution in [0, 0.1) is 13.8 Å². The highest BCUT2D eigenvalue weighted by Gasteiger charge is 2.20. The average molecular weight is 464 g/mol. The quantitative estimate of drug-likeness (QED) is 0.528. The zero-order chi connectivity index (χ0) is 22.9. The molecule has 2 heterocycles. The molecule has 1 N–H and O–H groups in total. The first-order valence-electron chi connectivity index (χ1n) is 9.36. The molecule has 166 valence electrons. The van der Waals surface area contributed by atoms with E-state index in [0.29, 0.717) is 22.3 Å². The number of hydrogen-bond acceptors (Lipinski definition) is 8. The zero-order valence-electron chi connectivity index (χ0n) is 18.2. The molecule has 0 aliphatic rings. The summed E-state index contributed by atoms with van der Waals surface area (Å²) in [6, 6.07) is 6.55. The number of fused-ring (bicyclic) bond motifs is 1. The Balaban J connectivity index is 1.78. The van der Waals surface area contributed by atoms with Crippen LogP contribution < -0.4 is 10.2 Å². The normalized spacial score (nSPS) is 11.8. The third kappa shape index (κ3) is 4.97. The van der Waals surface area contributed by atoms with Gasteiger partial charge in [0.05, 0.1) is 22.0 Å². The van der Waals surface area contributed by atoms with Crippen molar-refractivity contribution in [3.05, 3.63) is 35.7 Å². The van der Waals surface area contributed by atoms with E-state index in [9.17, 15) is 13.2 Å². The van der Waals surface area contributed by atoms with Crippen molar-refractivity contribution in [3.8, 4) is 0 Å². The van der Waals surface area contributed by atoms with Crippen LogP contribution >= 0.6 is 11.8 Å². The Morgan fingerprint density at radius 1 is 1.13 bits per heavy atom. The van der Waals surface area contributed by atoms with Gasteiger partial charge in [0.15, 0.2) is 0 Å². The molecule has 0 aliphatic carbocycles. The van der Waals surface area contributed by atoms with Crippen molar-refractivity contribution in [3.63, 3.8) is 0 Å². The van der Waals surface area contributed by atoms with Gasteiger partial charge in [0.25, 0.3) is 5.78 Å². The zero-order valence-corrected chi connectivity index (χ0v) is 19.9. The monoisotopic (exact) mass is 463 g/mol. The molecule has 1 aromatic carbocycles. The minimum absolute atomic E-state index is 0.0619. The predicted molar refractivity (Wildman–Crippen MR) is 121 cm³/mol. The van der Waals surface area contributed by atoms with Gasteiger partial charge in [-0.25, -0.2) is 22.2 Å². The minimum atomic E-state index is -3.63. The second-order valence-electron chi connectivity index (χ2n) is 7.34. The number of carbonyl (C=O) groups excluding carboxylic acids is 1. The summed E-state index contributed by atoms with van der Waals surface area (Å²) in [4.78, 5) is 23.2. The fourth-order valence-electron chi connectivity index (χ4n) is 2.90. The molecule has 0 atom stereocenters. The van der Waals surface area contributed by atoms with Crippen LogP contribution in [-0.4, -0.2) is 72.2 Å². The summed E-state index contributed by atoms with van der Waals surface area (Å²) in [7, 11) is 2.93. The van der Waals surface area contributed by atoms with Crippen molar-refractivity contribution >= 4 is 44.8 Å². The summed E-state index contributed by atoms with van der Waals surface area (Å²) in [6.07, 6.45) is 0. The van der Waals surface area contributed by atoms with Gasteiger partial charge in [0.2, 0.25) is 21.1 Å². The molecule has 0 fully saturated rings. The van der Waals surface area contributed by atoms with Crippen LogP contribution in [0.3, 0.4) is 0 Å². The van der Waals surface area contributed by atoms with Gasteiger partial charge in [-0.05, 0) is 38.1 Å². The Hall–Kier alpha value is -2.70. The van der Waals surface area contributed by atoms with Crippen LogP contribution in [0.5, 0.6) is 0 Å². The van der Waals surface area contributed by atoms with E-state index in [1.165, 1.54) is 38.0 Å². The summed E-state index contributed by atoms with van der Waals surface area (Å²) in [6.45, 7) is 3.80. The molecule has 31 heavy (non-hydrogen) atoms. The van der Waals surface area contributed by atoms with Gasteiger partial charge in [-0.2, -0.15) is 4.98 Å². The lowest BCUT2D eigenvalue weighted by molar-refractivity contribution is -0.113. The fraction of sp³-hybridized carbons (Fsp3) is 0.368. The van der Waals surface area contributed by atoms with Gasteiger partial charge >= 0.3 is 0 Å². The number of rotatable bonds is 7. The Kier molecular flexibility index (Phi) is 6.53. The maximum atomic E-state index is 12.6. The standard InChI is InChI=1S/C19H25N7O3S2/c1-12-9-13(2)26-18(20-12)22-19(23-26)30-11-17(27)21-15-10-14(31(28,29)25(5)6)7-8-16(15)24(3)4/h7-10H,11H2,1-6H3,(H,21,27). The van der Waals surface area contributed by atoms with Gasteiger partial charge in [-0.1, -0.05) is 11.8 Å². The highest BCUT2D eigenvalue weighted by molar-refractivity contribution is 7.99. The van der Waals surface area contributed by atoms with E-state index >= 15 is 0 Å². The lowest BCUT2D eigenvalue weighted by Crippen LogP contribution is -2.23. The van der Waals surface area contributed by atoms with Crippen LogP contribution in [0.25, 0.3) is 5.78 Å². The third-order valence-electron chi connectivity index (χ3n) is 4.43. The van der Waals surface area contributed by atoms with Crippen LogP contribution in [0.15, 0.2) is 34.3 Å². The van der Waals surface area contributed by atoms with E-state index in [2.05, 4.69) is 20.4 Å². The molecule has 0 aliphatic heterocycles. The van der Waals surface area contributed by atoms with Crippen LogP contribution in [0.4, 0.5) is 11.4 Å². The first-order valence-corrected chi connectivity index (χ1v) is 11.8. The number of carbonyl (C=O) groups is 1. The number of amides is 1. The van der Waals surface area contributed by atoms with Crippen LogP contribution in [-0.2, 0) is 14.8 Å². The van der Waals surface area contributed by atoms with Crippen molar-refractivity contribution < 1.29 is 13.2 Å². The van der Waals surface area contributed by atoms with Crippen molar-refractivity contribution in [2.24, 2.45) is 0 Å². The summed E-state index contributed by atoms with van der Waals surface area (Å²) in [5.74, 6) is 0.246. The van der Waals surface area contributed by atoms with E-state index in [1.54, 1.807) is 15.5 Å². The number of aryl methyl sites for hydroxylation is 2. The highest BCUT2D eigenvalue weighted by atomic mass is 32.2. The second kappa shape index (κ2) is 8.81. The topological polar surface area (TPSA) is 113 Å². The fourth-order valence-corrected chi connectivity index (χ4v) is 4.45. The Labute approximate surface area is 185 Å². The lowest BCUT2D eigenvalue weighted by Gasteiger charge is -2.20. The molecule has 10 nitrogen and oxygen atoms in total. The van der Waals surface area contributed by atoms with E-state index in [0.717, 1.165) is 15.7 Å². The Morgan fingerprint density at radius 3 is 2.48 bits per heavy atom. The van der Waals surface area contributed by atoms with E-state index in [-0.39, 0.29) is 16.6 Å². The first kappa shape index (κ1) is 23.0. The number of nitrogens with zero attached hydrogens (tertiary/aromatic N) is 6. The van der Waals surface area contributed by atoms with Gasteiger partial charge in [-0.3, -0.25) is 4.79 Å². The van der Waals surface area contributed by atoms with E-state index in [1.807, 2.05) is 34.0 Å². The van der Waals surface area contributed by atoms with Crippen molar-refractivity contribution in [2.75, 3.05) is 44.2 Å². The molecule has 0 saturated carbocycles. The predicted octanol–water partition coefficient (Wildman–Crippen LogP) is 1.79. The number of aromatic nitrogens is 4. The van der Waals surface area contributed by atoms with Crippen molar-refractivity contribution in [1.29, 1.82) is 0 Å². The minimum Gasteiger partial charge on any atom is -0.376 e. The first-order chi connectivity index (χ1) is 14.5. The molecule has 3 aromatic rings. The molecule has 3 rings (SSSR count). The van der Waals surface area contributed by atoms with Gasteiger partial charge in [0, 0.05) is 39.6 Å². The van der Waals surface area contributed by atoms with E-state index in [4.69, 9.17) is 0 Å². The van der Waals surface area contributed by atoms with E-state index < -0.39 is 10.0 Å². The second-order valence-corrected chi connectivity index (χ2v) is 10.4. The molecule has 0 saturated heterocycles. The number of sulfonamides is 1. The van der Waals surface area contributed by atoms with Crippen molar-refractivity contribution in [1.82, 2.24) is 23.9 Å². The molecule has 12 heteroatoms. The number of hydrogen-bond donors (Lipinski definition) is 1. The number of nitrogens with one attached hydrogen (secondary N) is 1. The molecule has 0 spiro atoms. The Morgan fingerprint density at radius 2 is 1.84 bits per heavy atom. The summed E-state index contributed by atoms with van der Waals surface area (Å²) >= 11 is 1.18. The molecule has 2 aromatic heterocycles. The molecule has 0 unspecified atom stereocenters. The van der Waals surface area contributed by atoms with Crippen LogP contribution in [0.2, 0.25) is 0 Å². The van der Waals surface area contributed by atoms with Gasteiger partial charge in [-0.15, -0.1) is 5.10 Å². The molecule has 1 amide bonds. The summed E-state index contributed by atoms with van der Waals surface area (Å²) in [5.41, 5.74) is 2.85. The van der Waals surface area contributed by atoms with Crippen LogP contribution in [0.1, 0.15) is 11.4 Å². The lowest BCUT2D eigenvalue weighted by atomic mass is 10.2. The smallest absolute Gasteiger partial charge is 0.253 e. The van der Waals surface area contributed by atoms with Gasteiger partial charge in [0.1, 0.15) is 0 Å². The molecular weight excluding hydrogens is 438 g/mol. The number of thioether (sulfide) groups is 1. The maximum absolute atomic E-state index is 12.6. The largest absolute Gasteiger partial charge is 0.376 e. The van der Waals surface area contributed by atoms with Crippen molar-refractivity contribution in [2.45, 2.75) is 23.9 Å². The average Bonchev–Trinajstić information content (AvgIpc) is 3.09. The highest BCUT2D eigenvalue weighted by Crippen LogP contribution is 2.29. The molecular formula is C19H25N7O3S2. The molecule has 0 radical (unpaired) electrons. The van der Waals surface area contributed by atoms with Gasteiger partial charge < -0.3 is 10.2 Å². The summed E-state index contributed by atoms with van der Waals surface area (Å²) in [5, 5.41) is 7.62. The third-order valence-corrected chi connectivity index (χ3v) is 7.08.